The summed E-state index contributed by atoms with van der Waals surface area (Å²) in [7, 11) is 1.13. The van der Waals surface area contributed by atoms with Gasteiger partial charge in [0.15, 0.2) is 6.29 Å². The Bertz CT molecular complexity index is 759. The summed E-state index contributed by atoms with van der Waals surface area (Å²) in [5.74, 6) is -1.01. The number of ether oxygens (including phenoxy) is 1. The number of imide groups is 1. The van der Waals surface area contributed by atoms with E-state index < -0.39 is 30.3 Å². The normalized spacial score (nSPS) is 12.3. The van der Waals surface area contributed by atoms with Gasteiger partial charge in [0.2, 0.25) is 11.8 Å². The van der Waals surface area contributed by atoms with Crippen LogP contribution in [0.5, 0.6) is 0 Å². The van der Waals surface area contributed by atoms with Crippen molar-refractivity contribution >= 4 is 47.1 Å². The molecule has 4 amide bonds. The number of alkyl carbamates (subject to hydrolysis) is 1. The number of carboxylic acid groups (broad SMARTS) is 1. The smallest absolute Gasteiger partial charge is 0.409 e. The van der Waals surface area contributed by atoms with E-state index in [1.807, 2.05) is 6.92 Å². The number of benzene rings is 1. The van der Waals surface area contributed by atoms with Gasteiger partial charge in [-0.25, -0.2) is 14.5 Å². The maximum Gasteiger partial charge on any atom is 0.409 e. The van der Waals surface area contributed by atoms with Gasteiger partial charge in [-0.2, -0.15) is 0 Å². The summed E-state index contributed by atoms with van der Waals surface area (Å²) in [6, 6.07) is 5.05. The van der Waals surface area contributed by atoms with Crippen LogP contribution in [0.25, 0.3) is 0 Å². The highest BCUT2D eigenvalue weighted by molar-refractivity contribution is 7.99. The van der Waals surface area contributed by atoms with E-state index in [0.29, 0.717) is 5.25 Å². The van der Waals surface area contributed by atoms with Crippen molar-refractivity contribution in [2.75, 3.05) is 17.3 Å². The number of nitrogens with one attached hydrogen (secondary N) is 3. The molecule has 4 N–H and O–H groups in total. The summed E-state index contributed by atoms with van der Waals surface area (Å²) >= 11 is 1.57. The van der Waals surface area contributed by atoms with Gasteiger partial charge in [-0.3, -0.25) is 20.2 Å². The zero-order valence-corrected chi connectivity index (χ0v) is 17.8. The Hall–Kier alpha value is -2.95. The van der Waals surface area contributed by atoms with E-state index in [-0.39, 0.29) is 11.4 Å². The minimum atomic E-state index is -1.40. The van der Waals surface area contributed by atoms with Gasteiger partial charge in [-0.05, 0) is 24.6 Å². The molecule has 2 unspecified atom stereocenters. The molecule has 0 radical (unpaired) electrons. The molecule has 2 atom stereocenters. The van der Waals surface area contributed by atoms with Crippen LogP contribution >= 0.6 is 11.8 Å². The Morgan fingerprint density at radius 3 is 2.28 bits per heavy atom. The zero-order valence-electron chi connectivity index (χ0n) is 16.9. The van der Waals surface area contributed by atoms with E-state index in [2.05, 4.69) is 27.6 Å². The van der Waals surface area contributed by atoms with Crippen LogP contribution in [-0.4, -0.2) is 47.8 Å². The average Bonchev–Trinajstić information content (AvgIpc) is 2.62. The third kappa shape index (κ3) is 7.53. The monoisotopic (exact) mass is 426 g/mol. The molecule has 10 nitrogen and oxygen atoms in total. The number of amides is 4. The number of carbonyl (C=O) groups is 4. The van der Waals surface area contributed by atoms with Gasteiger partial charge in [0.05, 0.1) is 18.5 Å². The topological polar surface area (TPSA) is 137 Å². The predicted octanol–water partition coefficient (Wildman–Crippen LogP) is 2.80. The molecule has 0 bridgehead atoms. The fourth-order valence-electron chi connectivity index (χ4n) is 2.33. The van der Waals surface area contributed by atoms with Crippen LogP contribution in [0.1, 0.15) is 34.1 Å². The third-order valence-corrected chi connectivity index (χ3v) is 5.03. The molecule has 0 spiro atoms. The van der Waals surface area contributed by atoms with Gasteiger partial charge in [-0.1, -0.05) is 13.8 Å². The second-order valence-electron chi connectivity index (χ2n) is 6.05. The third-order valence-electron chi connectivity index (χ3n) is 3.77. The number of methoxy groups -OCH3 is 1. The molecule has 0 heterocycles. The molecule has 1 rings (SSSR count). The van der Waals surface area contributed by atoms with Crippen molar-refractivity contribution in [1.82, 2.24) is 10.6 Å². The lowest BCUT2D eigenvalue weighted by molar-refractivity contribution is -0.124. The SMILES string of the molecule is CCC(C)Sc1ccc(NC(NC(=O)O)NC(=O)OC)c(N(C(C)=O)C(C)=O)c1. The molecule has 0 aliphatic carbocycles. The van der Waals surface area contributed by atoms with Gasteiger partial charge in [-0.15, -0.1) is 11.8 Å². The molecule has 160 valence electrons. The molecule has 0 saturated carbocycles. The highest BCUT2D eigenvalue weighted by Crippen LogP contribution is 2.34. The molecule has 0 aliphatic rings. The van der Waals surface area contributed by atoms with Crippen molar-refractivity contribution in [3.63, 3.8) is 0 Å². The summed E-state index contributed by atoms with van der Waals surface area (Å²) in [4.78, 5) is 48.5. The number of anilines is 2. The molecular formula is C18H26N4O6S. The average molecular weight is 426 g/mol. The number of carbonyl (C=O) groups excluding carboxylic acids is 3. The van der Waals surface area contributed by atoms with E-state index in [9.17, 15) is 19.2 Å². The molecule has 0 fully saturated rings. The van der Waals surface area contributed by atoms with Crippen LogP contribution in [0.3, 0.4) is 0 Å². The highest BCUT2D eigenvalue weighted by Gasteiger charge is 2.23. The van der Waals surface area contributed by atoms with E-state index in [4.69, 9.17) is 5.11 Å². The van der Waals surface area contributed by atoms with Gasteiger partial charge in [0.1, 0.15) is 0 Å². The van der Waals surface area contributed by atoms with Crippen molar-refractivity contribution in [2.45, 2.75) is 50.6 Å². The molecule has 0 saturated heterocycles. The Morgan fingerprint density at radius 1 is 1.17 bits per heavy atom. The first-order chi connectivity index (χ1) is 13.6. The Labute approximate surface area is 173 Å². The number of thioether (sulfide) groups is 1. The Balaban J connectivity index is 3.37. The summed E-state index contributed by atoms with van der Waals surface area (Å²) in [5, 5.41) is 16.4. The van der Waals surface area contributed by atoms with Crippen LogP contribution in [0.2, 0.25) is 0 Å². The molecular weight excluding hydrogens is 400 g/mol. The van der Waals surface area contributed by atoms with Crippen LogP contribution in [0.15, 0.2) is 23.1 Å². The Kier molecular flexibility index (Phi) is 9.26. The summed E-state index contributed by atoms with van der Waals surface area (Å²) in [5.41, 5.74) is 0.501. The fourth-order valence-corrected chi connectivity index (χ4v) is 3.29. The second kappa shape index (κ2) is 11.1. The van der Waals surface area contributed by atoms with Crippen molar-refractivity contribution in [2.24, 2.45) is 0 Å². The van der Waals surface area contributed by atoms with E-state index in [0.717, 1.165) is 23.3 Å². The molecule has 0 aliphatic heterocycles. The highest BCUT2D eigenvalue weighted by atomic mass is 32.2. The Morgan fingerprint density at radius 2 is 1.79 bits per heavy atom. The minimum absolute atomic E-state index is 0.238. The largest absolute Gasteiger partial charge is 0.465 e. The zero-order chi connectivity index (χ0) is 22.1. The first kappa shape index (κ1) is 24.1. The van der Waals surface area contributed by atoms with Crippen molar-refractivity contribution < 1.29 is 29.0 Å². The van der Waals surface area contributed by atoms with Crippen LogP contribution in [0.4, 0.5) is 21.0 Å². The lowest BCUT2D eigenvalue weighted by Gasteiger charge is -2.26. The summed E-state index contributed by atoms with van der Waals surface area (Å²) in [6.45, 7) is 6.60. The summed E-state index contributed by atoms with van der Waals surface area (Å²) < 4.78 is 4.48. The minimum Gasteiger partial charge on any atom is -0.465 e. The van der Waals surface area contributed by atoms with Gasteiger partial charge >= 0.3 is 12.2 Å². The number of nitrogens with zero attached hydrogens (tertiary/aromatic N) is 1. The van der Waals surface area contributed by atoms with Gasteiger partial charge in [0, 0.05) is 24.0 Å². The van der Waals surface area contributed by atoms with Crippen molar-refractivity contribution in [1.29, 1.82) is 0 Å². The molecule has 11 heteroatoms. The first-order valence-electron chi connectivity index (χ1n) is 8.81. The first-order valence-corrected chi connectivity index (χ1v) is 9.69. The molecule has 1 aromatic carbocycles. The van der Waals surface area contributed by atoms with Gasteiger partial charge in [0.25, 0.3) is 0 Å². The number of hydrogen-bond donors (Lipinski definition) is 4. The predicted molar refractivity (Wildman–Crippen MR) is 110 cm³/mol. The van der Waals surface area contributed by atoms with Crippen molar-refractivity contribution in [3.8, 4) is 0 Å². The van der Waals surface area contributed by atoms with Gasteiger partial charge < -0.3 is 15.2 Å². The van der Waals surface area contributed by atoms with Crippen LogP contribution < -0.4 is 20.9 Å². The maximum absolute atomic E-state index is 12.1. The quantitative estimate of drug-likeness (QED) is 0.368. The molecule has 0 aromatic heterocycles. The van der Waals surface area contributed by atoms with E-state index >= 15 is 0 Å². The lowest BCUT2D eigenvalue weighted by atomic mass is 10.2. The fraction of sp³-hybridized carbons (Fsp3) is 0.444. The molecule has 1 aromatic rings. The molecule has 29 heavy (non-hydrogen) atoms. The van der Waals surface area contributed by atoms with Crippen molar-refractivity contribution in [3.05, 3.63) is 18.2 Å². The number of rotatable bonds is 8. The summed E-state index contributed by atoms with van der Waals surface area (Å²) in [6.07, 6.45) is -2.62. The van der Waals surface area contributed by atoms with Crippen LogP contribution in [0, 0.1) is 0 Å². The maximum atomic E-state index is 12.1. The van der Waals surface area contributed by atoms with E-state index in [1.54, 1.807) is 30.0 Å². The lowest BCUT2D eigenvalue weighted by Crippen LogP contribution is -2.52. The number of hydrogen-bond acceptors (Lipinski definition) is 7. The van der Waals surface area contributed by atoms with E-state index in [1.165, 1.54) is 13.8 Å². The van der Waals surface area contributed by atoms with Crippen LogP contribution in [-0.2, 0) is 14.3 Å². The standard InChI is InChI=1S/C18H26N4O6S/c1-6-10(2)29-13-7-8-14(15(9-13)22(11(3)23)12(4)24)19-16(20-17(25)26)21-18(27)28-5/h7-10,16,19-20H,6H2,1-5H3,(H,21,27)(H,25,26). The second-order valence-corrected chi connectivity index (χ2v) is 7.56.